The fourth-order valence-electron chi connectivity index (χ4n) is 3.60. The van der Waals surface area contributed by atoms with Crippen LogP contribution in [-0.4, -0.2) is 32.6 Å². The molecule has 2 aromatic heterocycles. The number of hydrogen-bond donors (Lipinski definition) is 1. The summed E-state index contributed by atoms with van der Waals surface area (Å²) in [6.07, 6.45) is 8.07. The lowest BCUT2D eigenvalue weighted by atomic mass is 9.96. The zero-order valence-electron chi connectivity index (χ0n) is 15.1. The van der Waals surface area contributed by atoms with Crippen molar-refractivity contribution in [2.45, 2.75) is 38.1 Å². The molecule has 7 heteroatoms. The second-order valence-corrected chi connectivity index (χ2v) is 7.23. The van der Waals surface area contributed by atoms with Gasteiger partial charge in [0.1, 0.15) is 5.82 Å². The normalized spacial score (nSPS) is 15.3. The summed E-state index contributed by atoms with van der Waals surface area (Å²) in [6.45, 7) is 0. The largest absolute Gasteiger partial charge is 0.353 e. The Kier molecular flexibility index (Phi) is 4.68. The van der Waals surface area contributed by atoms with Crippen molar-refractivity contribution in [1.29, 1.82) is 0 Å². The van der Waals surface area contributed by atoms with Gasteiger partial charge in [-0.2, -0.15) is 0 Å². The van der Waals surface area contributed by atoms with Crippen molar-refractivity contribution >= 4 is 40.1 Å². The molecule has 1 aliphatic rings. The fraction of sp³-hybridized carbons (Fsp3) is 0.421. The van der Waals surface area contributed by atoms with E-state index in [-0.39, 0.29) is 5.28 Å². The highest BCUT2D eigenvalue weighted by Crippen LogP contribution is 2.28. The molecule has 0 bridgehead atoms. The van der Waals surface area contributed by atoms with E-state index in [9.17, 15) is 0 Å². The Bertz CT molecular complexity index is 916. The summed E-state index contributed by atoms with van der Waals surface area (Å²) in [5, 5.41) is 3.87. The minimum absolute atomic E-state index is 0.243. The van der Waals surface area contributed by atoms with Crippen molar-refractivity contribution < 1.29 is 0 Å². The molecule has 0 amide bonds. The minimum Gasteiger partial charge on any atom is -0.353 e. The van der Waals surface area contributed by atoms with Gasteiger partial charge in [-0.05, 0) is 48.7 Å². The highest BCUT2D eigenvalue weighted by molar-refractivity contribution is 6.28. The van der Waals surface area contributed by atoms with Gasteiger partial charge >= 0.3 is 0 Å². The molecule has 1 fully saturated rings. The molecule has 0 aliphatic heterocycles. The molecule has 0 saturated heterocycles. The van der Waals surface area contributed by atoms with Crippen LogP contribution in [0.15, 0.2) is 30.5 Å². The van der Waals surface area contributed by atoms with Crippen molar-refractivity contribution in [2.75, 3.05) is 17.3 Å². The third-order valence-corrected chi connectivity index (χ3v) is 5.33. The molecule has 136 valence electrons. The van der Waals surface area contributed by atoms with Crippen LogP contribution in [0.25, 0.3) is 11.0 Å². The smallest absolute Gasteiger partial charge is 0.224 e. The number of hydrogen-bond acceptors (Lipinski definition) is 5. The number of anilines is 3. The van der Waals surface area contributed by atoms with E-state index in [1.165, 1.54) is 32.1 Å². The molecule has 1 aromatic carbocycles. The van der Waals surface area contributed by atoms with Crippen LogP contribution >= 0.6 is 11.6 Å². The first-order valence-electron chi connectivity index (χ1n) is 9.07. The zero-order valence-corrected chi connectivity index (χ0v) is 15.9. The van der Waals surface area contributed by atoms with E-state index < -0.39 is 0 Å². The van der Waals surface area contributed by atoms with Crippen molar-refractivity contribution in [2.24, 2.45) is 7.05 Å². The fourth-order valence-corrected chi connectivity index (χ4v) is 3.74. The summed E-state index contributed by atoms with van der Waals surface area (Å²) in [4.78, 5) is 15.0. The number of nitrogens with zero attached hydrogens (tertiary/aromatic N) is 5. The van der Waals surface area contributed by atoms with Gasteiger partial charge in [-0.25, -0.2) is 15.0 Å². The van der Waals surface area contributed by atoms with E-state index in [2.05, 4.69) is 45.1 Å². The van der Waals surface area contributed by atoms with Crippen LogP contribution in [0.2, 0.25) is 5.28 Å². The van der Waals surface area contributed by atoms with Crippen LogP contribution in [0.3, 0.4) is 0 Å². The van der Waals surface area contributed by atoms with Crippen LogP contribution in [0, 0.1) is 0 Å². The van der Waals surface area contributed by atoms with Gasteiger partial charge in [0.2, 0.25) is 11.2 Å². The molecule has 1 N–H and O–H groups in total. The highest BCUT2D eigenvalue weighted by Gasteiger charge is 2.17. The number of imidazole rings is 1. The molecule has 3 aromatic rings. The summed E-state index contributed by atoms with van der Waals surface area (Å²) in [5.74, 6) is 1.69. The summed E-state index contributed by atoms with van der Waals surface area (Å²) in [7, 11) is 4.03. The van der Waals surface area contributed by atoms with Crippen molar-refractivity contribution in [3.8, 4) is 0 Å². The standard InChI is InChI=1S/C19H23ClN6/c1-25(17-10-11-21-18(20)24-17)14-8-9-16-15(12-14)23-19(26(16)2)22-13-6-4-3-5-7-13/h8-13H,3-7H2,1-2H3,(H,22,23). The van der Waals surface area contributed by atoms with Crippen molar-refractivity contribution in [3.63, 3.8) is 0 Å². The Hall–Kier alpha value is -2.34. The summed E-state index contributed by atoms with van der Waals surface area (Å²) < 4.78 is 2.13. The number of aryl methyl sites for hydroxylation is 1. The van der Waals surface area contributed by atoms with Gasteiger partial charge in [-0.1, -0.05) is 19.3 Å². The van der Waals surface area contributed by atoms with Crippen LogP contribution in [0.4, 0.5) is 17.5 Å². The van der Waals surface area contributed by atoms with E-state index in [0.717, 1.165) is 28.5 Å². The first-order valence-corrected chi connectivity index (χ1v) is 9.45. The number of halogens is 1. The molecular formula is C19H23ClN6. The predicted molar refractivity (Wildman–Crippen MR) is 106 cm³/mol. The lowest BCUT2D eigenvalue weighted by Crippen LogP contribution is -2.23. The molecule has 0 spiro atoms. The third-order valence-electron chi connectivity index (χ3n) is 5.15. The number of nitrogens with one attached hydrogen (secondary N) is 1. The van der Waals surface area contributed by atoms with Crippen molar-refractivity contribution in [1.82, 2.24) is 19.5 Å². The third kappa shape index (κ3) is 3.33. The summed E-state index contributed by atoms with van der Waals surface area (Å²) >= 11 is 5.92. The number of aromatic nitrogens is 4. The lowest BCUT2D eigenvalue weighted by Gasteiger charge is -2.23. The van der Waals surface area contributed by atoms with E-state index in [4.69, 9.17) is 16.6 Å². The topological polar surface area (TPSA) is 58.9 Å². The Morgan fingerprint density at radius 1 is 1.15 bits per heavy atom. The monoisotopic (exact) mass is 370 g/mol. The van der Waals surface area contributed by atoms with E-state index in [1.54, 1.807) is 6.20 Å². The van der Waals surface area contributed by atoms with Crippen LogP contribution in [0.1, 0.15) is 32.1 Å². The molecule has 0 radical (unpaired) electrons. The molecule has 6 nitrogen and oxygen atoms in total. The maximum Gasteiger partial charge on any atom is 0.224 e. The lowest BCUT2D eigenvalue weighted by molar-refractivity contribution is 0.460. The average Bonchev–Trinajstić information content (AvgIpc) is 2.97. The second-order valence-electron chi connectivity index (χ2n) is 6.89. The number of benzene rings is 1. The molecule has 26 heavy (non-hydrogen) atoms. The first kappa shape index (κ1) is 17.1. The second kappa shape index (κ2) is 7.11. The van der Waals surface area contributed by atoms with E-state index in [0.29, 0.717) is 6.04 Å². The Balaban J connectivity index is 1.62. The molecule has 1 aliphatic carbocycles. The van der Waals surface area contributed by atoms with Gasteiger partial charge in [0.05, 0.1) is 11.0 Å². The molecule has 2 heterocycles. The van der Waals surface area contributed by atoms with Gasteiger partial charge in [0, 0.05) is 32.0 Å². The van der Waals surface area contributed by atoms with E-state index >= 15 is 0 Å². The first-order chi connectivity index (χ1) is 12.6. The van der Waals surface area contributed by atoms with E-state index in [1.807, 2.05) is 18.0 Å². The zero-order chi connectivity index (χ0) is 18.1. The average molecular weight is 371 g/mol. The van der Waals surface area contributed by atoms with Gasteiger partial charge in [0.15, 0.2) is 0 Å². The molecule has 4 rings (SSSR count). The predicted octanol–water partition coefficient (Wildman–Crippen LogP) is 4.53. The van der Waals surface area contributed by atoms with Gasteiger partial charge in [-0.3, -0.25) is 0 Å². The maximum absolute atomic E-state index is 5.92. The van der Waals surface area contributed by atoms with Gasteiger partial charge in [0.25, 0.3) is 0 Å². The van der Waals surface area contributed by atoms with Crippen LogP contribution < -0.4 is 10.2 Å². The molecular weight excluding hydrogens is 348 g/mol. The highest BCUT2D eigenvalue weighted by atomic mass is 35.5. The number of rotatable bonds is 4. The van der Waals surface area contributed by atoms with Crippen molar-refractivity contribution in [3.05, 3.63) is 35.7 Å². The quantitative estimate of drug-likeness (QED) is 0.684. The van der Waals surface area contributed by atoms with Crippen LogP contribution in [0.5, 0.6) is 0 Å². The summed E-state index contributed by atoms with van der Waals surface area (Å²) in [5.41, 5.74) is 3.09. The Labute approximate surface area is 158 Å². The van der Waals surface area contributed by atoms with Crippen LogP contribution in [-0.2, 0) is 7.05 Å². The molecule has 0 unspecified atom stereocenters. The SMILES string of the molecule is CN(c1ccc2c(c1)nc(NC1CCCCC1)n2C)c1ccnc(Cl)n1. The summed E-state index contributed by atoms with van der Waals surface area (Å²) in [6, 6.07) is 8.62. The van der Waals surface area contributed by atoms with Gasteiger partial charge < -0.3 is 14.8 Å². The molecule has 0 atom stereocenters. The number of fused-ring (bicyclic) bond motifs is 1. The Morgan fingerprint density at radius 2 is 1.96 bits per heavy atom. The minimum atomic E-state index is 0.243. The Morgan fingerprint density at radius 3 is 2.73 bits per heavy atom. The maximum atomic E-state index is 5.92. The molecule has 1 saturated carbocycles. The van der Waals surface area contributed by atoms with Gasteiger partial charge in [-0.15, -0.1) is 0 Å².